The van der Waals surface area contributed by atoms with E-state index in [-0.39, 0.29) is 33.9 Å². The molecule has 4 nitrogen and oxygen atoms in total. The number of anilines is 3. The summed E-state index contributed by atoms with van der Waals surface area (Å²) in [4.78, 5) is 2.56. The minimum absolute atomic E-state index is 0.0222. The highest BCUT2D eigenvalue weighted by atomic mass is 16.3. The molecule has 2 aliphatic heterocycles. The fourth-order valence-electron chi connectivity index (χ4n) is 11.6. The van der Waals surface area contributed by atoms with Crippen molar-refractivity contribution in [1.29, 1.82) is 0 Å². The maximum atomic E-state index is 7.48. The van der Waals surface area contributed by atoms with Gasteiger partial charge in [0.1, 0.15) is 11.2 Å². The van der Waals surface area contributed by atoms with Crippen LogP contribution in [-0.2, 0) is 27.1 Å². The van der Waals surface area contributed by atoms with Gasteiger partial charge >= 0.3 is 6.85 Å². The van der Waals surface area contributed by atoms with Crippen molar-refractivity contribution in [3.05, 3.63) is 155 Å². The number of nitrogens with zero attached hydrogens (tertiary/aromatic N) is 3. The van der Waals surface area contributed by atoms with Crippen LogP contribution in [0.3, 0.4) is 0 Å². The molecule has 0 fully saturated rings. The van der Waals surface area contributed by atoms with Crippen LogP contribution in [0.2, 0.25) is 0 Å². The minimum Gasteiger partial charge on any atom is -0.466 e. The van der Waals surface area contributed by atoms with Crippen LogP contribution in [0.4, 0.5) is 17.1 Å². The molecule has 2 aliphatic rings. The van der Waals surface area contributed by atoms with Crippen molar-refractivity contribution in [3.8, 4) is 16.8 Å². The first-order valence-electron chi connectivity index (χ1n) is 25.2. The van der Waals surface area contributed by atoms with Crippen molar-refractivity contribution in [1.82, 2.24) is 9.05 Å². The normalized spacial score (nSPS) is 14.2. The maximum Gasteiger partial charge on any atom is 0.375 e. The lowest BCUT2D eigenvalue weighted by Crippen LogP contribution is -2.56. The van der Waals surface area contributed by atoms with E-state index < -0.39 is 0 Å². The topological polar surface area (TPSA) is 26.2 Å². The smallest absolute Gasteiger partial charge is 0.375 e. The summed E-state index contributed by atoms with van der Waals surface area (Å²) in [5.74, 6) is 0. The molecule has 3 aromatic heterocycles. The third-order valence-electron chi connectivity index (χ3n) is 15.6. The van der Waals surface area contributed by atoms with Gasteiger partial charge in [-0.05, 0) is 145 Å². The second kappa shape index (κ2) is 14.1. The molecule has 0 saturated carbocycles. The minimum atomic E-state index is -0.229. The molecule has 346 valence electrons. The Morgan fingerprint density at radius 1 is 0.420 bits per heavy atom. The summed E-state index contributed by atoms with van der Waals surface area (Å²) in [5.41, 5.74) is 21.7. The number of benzene rings is 7. The molecule has 0 atom stereocenters. The molecule has 69 heavy (non-hydrogen) atoms. The van der Waals surface area contributed by atoms with Crippen molar-refractivity contribution < 1.29 is 4.42 Å². The van der Waals surface area contributed by atoms with Gasteiger partial charge in [0.05, 0.1) is 16.7 Å². The Labute approximate surface area is 409 Å². The van der Waals surface area contributed by atoms with Crippen LogP contribution in [0, 0.1) is 0 Å². The summed E-state index contributed by atoms with van der Waals surface area (Å²) < 4.78 is 12.7. The Balaban J connectivity index is 1.29. The number of hydrogen-bond donors (Lipinski definition) is 0. The lowest BCUT2D eigenvalue weighted by atomic mass is 9.47. The van der Waals surface area contributed by atoms with Gasteiger partial charge in [0.25, 0.3) is 0 Å². The van der Waals surface area contributed by atoms with E-state index in [0.717, 1.165) is 28.0 Å². The van der Waals surface area contributed by atoms with Gasteiger partial charge in [-0.25, -0.2) is 0 Å². The summed E-state index contributed by atoms with van der Waals surface area (Å²) in [5, 5.41) is 6.34. The predicted octanol–water partition coefficient (Wildman–Crippen LogP) is 16.5. The van der Waals surface area contributed by atoms with Crippen molar-refractivity contribution in [2.45, 2.75) is 131 Å². The molecule has 0 aliphatic carbocycles. The summed E-state index contributed by atoms with van der Waals surface area (Å²) in [6.07, 6.45) is 0. The highest BCUT2D eigenvalue weighted by Crippen LogP contribution is 2.52. The van der Waals surface area contributed by atoms with E-state index in [9.17, 15) is 0 Å². The Hall–Kier alpha value is -6.46. The molecule has 5 heterocycles. The Morgan fingerprint density at radius 2 is 0.942 bits per heavy atom. The molecule has 0 bridgehead atoms. The Kier molecular flexibility index (Phi) is 8.94. The van der Waals surface area contributed by atoms with Gasteiger partial charge in [0.2, 0.25) is 0 Å². The van der Waals surface area contributed by atoms with E-state index in [4.69, 9.17) is 4.42 Å². The average Bonchev–Trinajstić information content (AvgIpc) is 3.94. The Morgan fingerprint density at radius 3 is 1.58 bits per heavy atom. The molecular formula is C64H66BN3O. The van der Waals surface area contributed by atoms with Gasteiger partial charge in [-0.15, -0.1) is 0 Å². The van der Waals surface area contributed by atoms with Crippen molar-refractivity contribution >= 4 is 89.6 Å². The van der Waals surface area contributed by atoms with Crippen LogP contribution in [0.25, 0.3) is 71.4 Å². The van der Waals surface area contributed by atoms with Gasteiger partial charge in [-0.3, -0.25) is 0 Å². The number of fused-ring (bicyclic) bond motifs is 13. The van der Waals surface area contributed by atoms with Crippen LogP contribution >= 0.6 is 0 Å². The molecule has 0 radical (unpaired) electrons. The van der Waals surface area contributed by atoms with Gasteiger partial charge in [0.15, 0.2) is 0 Å². The van der Waals surface area contributed by atoms with Crippen LogP contribution in [0.15, 0.2) is 132 Å². The largest absolute Gasteiger partial charge is 0.466 e. The molecule has 0 unspecified atom stereocenters. The standard InChI is InChI=1S/C64H66BN3O/c1-60(2,3)37-21-25-43(26-22-37)67-52-36-41(64(13,14)15)33-44-45-34-40(63(10,11)12)35-48-55-51(68(57(45)48)65(56(44)52)59-58(67)47-32-39(62(7,8)9)24-30-53(47)69-59)29-28-50-54(55)46-31-38(61(4,5)6)23-27-49(46)66(50)42-19-17-16-18-20-42/h16-36H,1-15H3. The zero-order valence-corrected chi connectivity index (χ0v) is 43.5. The monoisotopic (exact) mass is 904 g/mol. The molecule has 10 aromatic rings. The SMILES string of the molecule is CC(C)(C)c1ccc(N2c3cc(C(C)(C)C)cc4c3B(c3oc5ccc(C(C)(C)C)cc5c32)n2c3ccc5c(c6cc(C(C)(C)C)ccc6n5-c5ccccc5)c3c3cc(C(C)(C)C)cc-4c32)cc1. The second-order valence-corrected chi connectivity index (χ2v) is 25.6. The van der Waals surface area contributed by atoms with Gasteiger partial charge < -0.3 is 18.4 Å². The molecule has 7 aromatic carbocycles. The number of para-hydroxylation sites is 1. The fraction of sp³-hybridized carbons (Fsp3) is 0.312. The summed E-state index contributed by atoms with van der Waals surface area (Å²) in [6, 6.07) is 49.3. The van der Waals surface area contributed by atoms with Gasteiger partial charge in [-0.2, -0.15) is 0 Å². The first kappa shape index (κ1) is 43.8. The predicted molar refractivity (Wildman–Crippen MR) is 298 cm³/mol. The maximum absolute atomic E-state index is 7.48. The molecule has 0 spiro atoms. The molecule has 0 saturated heterocycles. The van der Waals surface area contributed by atoms with Gasteiger partial charge in [-0.1, -0.05) is 152 Å². The van der Waals surface area contributed by atoms with Crippen molar-refractivity contribution in [2.24, 2.45) is 0 Å². The number of hydrogen-bond acceptors (Lipinski definition) is 2. The average molecular weight is 904 g/mol. The molecule has 0 N–H and O–H groups in total. The fourth-order valence-corrected chi connectivity index (χ4v) is 11.6. The van der Waals surface area contributed by atoms with Crippen molar-refractivity contribution in [3.63, 3.8) is 0 Å². The second-order valence-electron chi connectivity index (χ2n) is 25.6. The third kappa shape index (κ3) is 6.41. The lowest BCUT2D eigenvalue weighted by molar-refractivity contribution is 0.589. The van der Waals surface area contributed by atoms with E-state index >= 15 is 0 Å². The highest BCUT2D eigenvalue weighted by Gasteiger charge is 2.47. The first-order valence-corrected chi connectivity index (χ1v) is 25.2. The number of aromatic nitrogens is 2. The summed E-state index contributed by atoms with van der Waals surface area (Å²) in [6.45, 7) is 34.8. The number of rotatable bonds is 2. The summed E-state index contributed by atoms with van der Waals surface area (Å²) in [7, 11) is 0. The zero-order chi connectivity index (χ0) is 48.6. The van der Waals surface area contributed by atoms with Crippen LogP contribution in [0.1, 0.15) is 132 Å². The van der Waals surface area contributed by atoms with Crippen LogP contribution < -0.4 is 16.0 Å². The van der Waals surface area contributed by atoms with E-state index in [1.54, 1.807) is 0 Å². The molecular weight excluding hydrogens is 838 g/mol. The van der Waals surface area contributed by atoms with Gasteiger partial charge in [0, 0.05) is 60.6 Å². The van der Waals surface area contributed by atoms with E-state index in [1.165, 1.54) is 99.4 Å². The number of furan rings is 1. The van der Waals surface area contributed by atoms with E-state index in [2.05, 4.69) is 245 Å². The van der Waals surface area contributed by atoms with Crippen LogP contribution in [-0.4, -0.2) is 15.9 Å². The molecule has 0 amide bonds. The quantitative estimate of drug-likeness (QED) is 0.162. The molecule has 5 heteroatoms. The lowest BCUT2D eigenvalue weighted by Gasteiger charge is -2.40. The summed E-state index contributed by atoms with van der Waals surface area (Å²) >= 11 is 0. The third-order valence-corrected chi connectivity index (χ3v) is 15.6. The zero-order valence-electron chi connectivity index (χ0n) is 43.5. The van der Waals surface area contributed by atoms with E-state index in [0.29, 0.717) is 0 Å². The van der Waals surface area contributed by atoms with Crippen molar-refractivity contribution in [2.75, 3.05) is 4.90 Å². The van der Waals surface area contributed by atoms with E-state index in [1.807, 2.05) is 0 Å². The first-order chi connectivity index (χ1) is 32.4. The molecule has 12 rings (SSSR count). The Bertz CT molecular complexity index is 3790. The highest BCUT2D eigenvalue weighted by molar-refractivity contribution is 6.89. The van der Waals surface area contributed by atoms with Crippen LogP contribution in [0.5, 0.6) is 0 Å².